The summed E-state index contributed by atoms with van der Waals surface area (Å²) in [6, 6.07) is 12.4. The Hall–Kier alpha value is -2.05. The van der Waals surface area contributed by atoms with Crippen LogP contribution in [0.15, 0.2) is 48.5 Å². The van der Waals surface area contributed by atoms with Gasteiger partial charge in [0.15, 0.2) is 0 Å². The summed E-state index contributed by atoms with van der Waals surface area (Å²) in [7, 11) is 0. The van der Waals surface area contributed by atoms with Gasteiger partial charge in [-0.15, -0.1) is 0 Å². The quantitative estimate of drug-likeness (QED) is 0.779. The molecule has 0 bridgehead atoms. The topological polar surface area (TPSA) is 41.5 Å². The third kappa shape index (κ3) is 5.76. The maximum absolute atomic E-state index is 12.9. The van der Waals surface area contributed by atoms with E-state index in [1.807, 2.05) is 13.8 Å². The summed E-state index contributed by atoms with van der Waals surface area (Å²) < 4.78 is 44.3. The molecular formula is C19H22F3NO2. The molecule has 2 rings (SSSR count). The molecule has 0 aliphatic rings. The van der Waals surface area contributed by atoms with Crippen molar-refractivity contribution in [2.45, 2.75) is 38.8 Å². The van der Waals surface area contributed by atoms with Crippen molar-refractivity contribution >= 4 is 0 Å². The number of rotatable bonds is 7. The molecule has 0 saturated heterocycles. The highest BCUT2D eigenvalue weighted by atomic mass is 19.4. The van der Waals surface area contributed by atoms with Gasteiger partial charge in [0.2, 0.25) is 0 Å². The van der Waals surface area contributed by atoms with Crippen molar-refractivity contribution in [3.05, 3.63) is 65.2 Å². The van der Waals surface area contributed by atoms with E-state index in [0.717, 1.165) is 6.07 Å². The minimum absolute atomic E-state index is 0.0291. The van der Waals surface area contributed by atoms with E-state index in [4.69, 9.17) is 4.74 Å². The van der Waals surface area contributed by atoms with Crippen LogP contribution in [0.4, 0.5) is 13.2 Å². The van der Waals surface area contributed by atoms with E-state index in [-0.39, 0.29) is 24.8 Å². The Morgan fingerprint density at radius 1 is 1.04 bits per heavy atom. The van der Waals surface area contributed by atoms with E-state index in [1.165, 1.54) is 12.1 Å². The number of aliphatic hydroxyl groups is 1. The van der Waals surface area contributed by atoms with Crippen LogP contribution in [0.2, 0.25) is 0 Å². The highest BCUT2D eigenvalue weighted by Gasteiger charge is 2.32. The molecule has 25 heavy (non-hydrogen) atoms. The molecule has 2 aromatic rings. The standard InChI is InChI=1S/C19H22F3NO2/c1-13(2)25-16-9-7-14(8-10-16)18(24)12-23-11-15-5-3-4-6-17(15)19(20,21)22/h3-10,13,18,23-24H,11-12H2,1-2H3/t18-/m1/s1. The summed E-state index contributed by atoms with van der Waals surface area (Å²) in [6.45, 7) is 4.02. The van der Waals surface area contributed by atoms with Crippen molar-refractivity contribution in [3.8, 4) is 5.75 Å². The zero-order valence-electron chi connectivity index (χ0n) is 14.2. The number of alkyl halides is 3. The van der Waals surface area contributed by atoms with Crippen LogP contribution in [-0.2, 0) is 12.7 Å². The fourth-order valence-corrected chi connectivity index (χ4v) is 2.45. The molecule has 1 atom stereocenters. The van der Waals surface area contributed by atoms with Gasteiger partial charge < -0.3 is 15.2 Å². The Morgan fingerprint density at radius 2 is 1.68 bits per heavy atom. The second kappa shape index (κ2) is 8.36. The summed E-state index contributed by atoms with van der Waals surface area (Å²) in [5.41, 5.74) is 0.169. The van der Waals surface area contributed by atoms with E-state index >= 15 is 0 Å². The number of halogens is 3. The van der Waals surface area contributed by atoms with Gasteiger partial charge in [-0.05, 0) is 43.2 Å². The number of aliphatic hydroxyl groups excluding tert-OH is 1. The molecule has 0 heterocycles. The largest absolute Gasteiger partial charge is 0.491 e. The Labute approximate surface area is 145 Å². The third-order valence-electron chi connectivity index (χ3n) is 3.61. The lowest BCUT2D eigenvalue weighted by molar-refractivity contribution is -0.138. The average Bonchev–Trinajstić information content (AvgIpc) is 2.54. The van der Waals surface area contributed by atoms with Crippen molar-refractivity contribution in [1.82, 2.24) is 5.32 Å². The molecule has 136 valence electrons. The third-order valence-corrected chi connectivity index (χ3v) is 3.61. The van der Waals surface area contributed by atoms with Crippen molar-refractivity contribution < 1.29 is 23.0 Å². The highest BCUT2D eigenvalue weighted by Crippen LogP contribution is 2.31. The zero-order valence-corrected chi connectivity index (χ0v) is 14.2. The summed E-state index contributed by atoms with van der Waals surface area (Å²) in [5, 5.41) is 13.1. The maximum Gasteiger partial charge on any atom is 0.416 e. The molecule has 0 fully saturated rings. The lowest BCUT2D eigenvalue weighted by Crippen LogP contribution is -2.23. The first-order valence-electron chi connectivity index (χ1n) is 8.08. The summed E-state index contributed by atoms with van der Waals surface area (Å²) >= 11 is 0. The van der Waals surface area contributed by atoms with Gasteiger partial charge >= 0.3 is 6.18 Å². The highest BCUT2D eigenvalue weighted by molar-refractivity contribution is 5.30. The predicted octanol–water partition coefficient (Wildman–Crippen LogP) is 4.32. The number of ether oxygens (including phenoxy) is 1. The molecule has 0 amide bonds. The Balaban J connectivity index is 1.92. The van der Waals surface area contributed by atoms with Crippen LogP contribution in [0.3, 0.4) is 0 Å². The first kappa shape index (κ1) is 19.3. The minimum Gasteiger partial charge on any atom is -0.491 e. The molecule has 0 saturated carbocycles. The maximum atomic E-state index is 12.9. The first-order chi connectivity index (χ1) is 11.8. The summed E-state index contributed by atoms with van der Waals surface area (Å²) in [4.78, 5) is 0. The number of hydrogen-bond acceptors (Lipinski definition) is 3. The van der Waals surface area contributed by atoms with E-state index in [1.54, 1.807) is 30.3 Å². The fourth-order valence-electron chi connectivity index (χ4n) is 2.45. The van der Waals surface area contributed by atoms with Gasteiger partial charge in [0.25, 0.3) is 0 Å². The zero-order chi connectivity index (χ0) is 18.4. The van der Waals surface area contributed by atoms with Gasteiger partial charge in [0.05, 0.1) is 17.8 Å². The number of benzene rings is 2. The van der Waals surface area contributed by atoms with Gasteiger partial charge in [-0.2, -0.15) is 13.2 Å². The number of nitrogens with one attached hydrogen (secondary N) is 1. The van der Waals surface area contributed by atoms with Crippen LogP contribution < -0.4 is 10.1 Å². The van der Waals surface area contributed by atoms with Crippen molar-refractivity contribution in [2.75, 3.05) is 6.54 Å². The van der Waals surface area contributed by atoms with Crippen LogP contribution in [0.5, 0.6) is 5.75 Å². The molecule has 3 nitrogen and oxygen atoms in total. The minimum atomic E-state index is -4.39. The van der Waals surface area contributed by atoms with Gasteiger partial charge in [0, 0.05) is 13.1 Å². The molecule has 0 spiro atoms. The molecule has 6 heteroatoms. The van der Waals surface area contributed by atoms with E-state index in [0.29, 0.717) is 11.3 Å². The first-order valence-corrected chi connectivity index (χ1v) is 8.08. The Bertz CT molecular complexity index is 669. The van der Waals surface area contributed by atoms with Crippen LogP contribution >= 0.6 is 0 Å². The molecule has 0 unspecified atom stereocenters. The van der Waals surface area contributed by atoms with Crippen molar-refractivity contribution in [1.29, 1.82) is 0 Å². The van der Waals surface area contributed by atoms with Crippen LogP contribution in [-0.4, -0.2) is 17.8 Å². The summed E-state index contributed by atoms with van der Waals surface area (Å²) in [5.74, 6) is 0.706. The molecule has 0 radical (unpaired) electrons. The van der Waals surface area contributed by atoms with Crippen molar-refractivity contribution in [2.24, 2.45) is 0 Å². The molecule has 0 aromatic heterocycles. The van der Waals surface area contributed by atoms with Crippen LogP contribution in [0.25, 0.3) is 0 Å². The normalized spacial score (nSPS) is 13.1. The molecule has 2 N–H and O–H groups in total. The van der Waals surface area contributed by atoms with Crippen LogP contribution in [0.1, 0.15) is 36.6 Å². The molecule has 0 aliphatic carbocycles. The second-order valence-electron chi connectivity index (χ2n) is 6.04. The van der Waals surface area contributed by atoms with Gasteiger partial charge in [-0.3, -0.25) is 0 Å². The average molecular weight is 353 g/mol. The predicted molar refractivity (Wildman–Crippen MR) is 90.3 cm³/mol. The smallest absolute Gasteiger partial charge is 0.416 e. The monoisotopic (exact) mass is 353 g/mol. The second-order valence-corrected chi connectivity index (χ2v) is 6.04. The van der Waals surface area contributed by atoms with Gasteiger partial charge in [0.1, 0.15) is 5.75 Å². The van der Waals surface area contributed by atoms with E-state index in [2.05, 4.69) is 5.32 Å². The van der Waals surface area contributed by atoms with Gasteiger partial charge in [-0.25, -0.2) is 0 Å². The van der Waals surface area contributed by atoms with Crippen LogP contribution in [0, 0.1) is 0 Å². The lowest BCUT2D eigenvalue weighted by atomic mass is 10.1. The SMILES string of the molecule is CC(C)Oc1ccc([C@H](O)CNCc2ccccc2C(F)(F)F)cc1. The Kier molecular flexibility index (Phi) is 6.45. The fraction of sp³-hybridized carbons (Fsp3) is 0.368. The number of hydrogen-bond donors (Lipinski definition) is 2. The lowest BCUT2D eigenvalue weighted by Gasteiger charge is -2.16. The molecule has 2 aromatic carbocycles. The Morgan fingerprint density at radius 3 is 2.28 bits per heavy atom. The molecule has 0 aliphatic heterocycles. The molecular weight excluding hydrogens is 331 g/mol. The van der Waals surface area contributed by atoms with Crippen molar-refractivity contribution in [3.63, 3.8) is 0 Å². The summed E-state index contributed by atoms with van der Waals surface area (Å²) in [6.07, 6.45) is -5.14. The van der Waals surface area contributed by atoms with Gasteiger partial charge in [-0.1, -0.05) is 30.3 Å². The van der Waals surface area contributed by atoms with E-state index in [9.17, 15) is 18.3 Å². The van der Waals surface area contributed by atoms with E-state index < -0.39 is 17.8 Å².